The molecule has 0 spiro atoms. The van der Waals surface area contributed by atoms with Gasteiger partial charge in [-0.3, -0.25) is 4.79 Å². The highest BCUT2D eigenvalue weighted by molar-refractivity contribution is 7.89. The van der Waals surface area contributed by atoms with E-state index in [2.05, 4.69) is 30.3 Å². The minimum atomic E-state index is -3.58. The maximum absolute atomic E-state index is 13.4. The van der Waals surface area contributed by atoms with Gasteiger partial charge in [0.05, 0.1) is 4.90 Å². The SMILES string of the molecule is O=c1ccc(-c2ccc3ccccc3c2)c2n1CC1CC2CN(S(=O)(=O)c2ccccc2)C1. The zero-order chi connectivity index (χ0) is 22.6. The van der Waals surface area contributed by atoms with Gasteiger partial charge in [-0.15, -0.1) is 0 Å². The van der Waals surface area contributed by atoms with Gasteiger partial charge in [0.15, 0.2) is 0 Å². The molecule has 6 heteroatoms. The molecule has 2 aliphatic heterocycles. The molecule has 3 heterocycles. The van der Waals surface area contributed by atoms with E-state index in [1.165, 1.54) is 5.39 Å². The minimum Gasteiger partial charge on any atom is -0.311 e. The second-order valence-corrected chi connectivity index (χ2v) is 11.0. The first-order valence-electron chi connectivity index (χ1n) is 11.3. The number of hydrogen-bond donors (Lipinski definition) is 0. The summed E-state index contributed by atoms with van der Waals surface area (Å²) >= 11 is 0. The standard InChI is InChI=1S/C27H24N2O3S/c30-26-13-12-25(22-11-10-20-6-4-5-7-21(20)15-22)27-23-14-19(17-29(26)27)16-28(18-23)33(31,32)24-8-2-1-3-9-24/h1-13,15,19,23H,14,16-18H2. The Bertz CT molecular complexity index is 1530. The van der Waals surface area contributed by atoms with Crippen molar-refractivity contribution < 1.29 is 8.42 Å². The van der Waals surface area contributed by atoms with Crippen LogP contribution >= 0.6 is 0 Å². The third kappa shape index (κ3) is 3.41. The van der Waals surface area contributed by atoms with Gasteiger partial charge >= 0.3 is 0 Å². The van der Waals surface area contributed by atoms with Crippen LogP contribution in [0.4, 0.5) is 0 Å². The fraction of sp³-hybridized carbons (Fsp3) is 0.222. The van der Waals surface area contributed by atoms with Gasteiger partial charge in [0.25, 0.3) is 5.56 Å². The number of pyridine rings is 1. The average molecular weight is 457 g/mol. The summed E-state index contributed by atoms with van der Waals surface area (Å²) in [5.41, 5.74) is 3.02. The molecule has 0 amide bonds. The normalized spacial score (nSPS) is 20.5. The van der Waals surface area contributed by atoms with Crippen LogP contribution in [0.15, 0.2) is 94.6 Å². The molecule has 5 nitrogen and oxygen atoms in total. The predicted molar refractivity (Wildman–Crippen MR) is 130 cm³/mol. The predicted octanol–water partition coefficient (Wildman–Crippen LogP) is 4.48. The lowest BCUT2D eigenvalue weighted by Gasteiger charge is -2.42. The molecule has 1 saturated heterocycles. The van der Waals surface area contributed by atoms with Crippen molar-refractivity contribution in [2.24, 2.45) is 5.92 Å². The summed E-state index contributed by atoms with van der Waals surface area (Å²) in [7, 11) is -3.58. The van der Waals surface area contributed by atoms with E-state index in [4.69, 9.17) is 0 Å². The number of piperidine rings is 1. The molecule has 166 valence electrons. The first-order valence-corrected chi connectivity index (χ1v) is 12.7. The molecule has 2 aliphatic rings. The van der Waals surface area contributed by atoms with E-state index < -0.39 is 10.0 Å². The van der Waals surface area contributed by atoms with Crippen molar-refractivity contribution in [1.82, 2.24) is 8.87 Å². The number of benzene rings is 3. The Morgan fingerprint density at radius 3 is 2.33 bits per heavy atom. The van der Waals surface area contributed by atoms with Gasteiger partial charge in [0, 0.05) is 42.9 Å². The van der Waals surface area contributed by atoms with Crippen molar-refractivity contribution in [1.29, 1.82) is 0 Å². The smallest absolute Gasteiger partial charge is 0.250 e. The number of sulfonamides is 1. The number of hydrogen-bond acceptors (Lipinski definition) is 3. The molecule has 3 aromatic carbocycles. The summed E-state index contributed by atoms with van der Waals surface area (Å²) in [5, 5.41) is 2.31. The zero-order valence-electron chi connectivity index (χ0n) is 18.1. The van der Waals surface area contributed by atoms with Crippen LogP contribution < -0.4 is 5.56 Å². The Balaban J connectivity index is 1.45. The van der Waals surface area contributed by atoms with E-state index in [0.717, 1.165) is 28.6 Å². The lowest BCUT2D eigenvalue weighted by Crippen LogP contribution is -2.49. The van der Waals surface area contributed by atoms with Crippen LogP contribution in [0.1, 0.15) is 18.0 Å². The van der Waals surface area contributed by atoms with Crippen LogP contribution in [0, 0.1) is 5.92 Å². The highest BCUT2D eigenvalue weighted by Gasteiger charge is 2.40. The van der Waals surface area contributed by atoms with Gasteiger partial charge < -0.3 is 4.57 Å². The number of aromatic nitrogens is 1. The second-order valence-electron chi connectivity index (χ2n) is 9.08. The third-order valence-corrected chi connectivity index (χ3v) is 8.84. The van der Waals surface area contributed by atoms with Crippen molar-refractivity contribution in [2.45, 2.75) is 23.8 Å². The number of rotatable bonds is 3. The summed E-state index contributed by atoms with van der Waals surface area (Å²) in [6, 6.07) is 26.8. The summed E-state index contributed by atoms with van der Waals surface area (Å²) in [6.07, 6.45) is 0.894. The van der Waals surface area contributed by atoms with Gasteiger partial charge in [0.2, 0.25) is 10.0 Å². The van der Waals surface area contributed by atoms with Crippen LogP contribution in [-0.4, -0.2) is 30.4 Å². The summed E-state index contributed by atoms with van der Waals surface area (Å²) in [4.78, 5) is 13.1. The molecule has 6 rings (SSSR count). The van der Waals surface area contributed by atoms with E-state index in [1.807, 2.05) is 28.8 Å². The maximum atomic E-state index is 13.4. The molecule has 0 N–H and O–H groups in total. The third-order valence-electron chi connectivity index (χ3n) is 7.00. The van der Waals surface area contributed by atoms with Crippen molar-refractivity contribution in [3.05, 3.63) is 101 Å². The monoisotopic (exact) mass is 456 g/mol. The molecule has 2 bridgehead atoms. The van der Waals surface area contributed by atoms with Gasteiger partial charge in [-0.2, -0.15) is 4.31 Å². The molecule has 0 radical (unpaired) electrons. The van der Waals surface area contributed by atoms with E-state index >= 15 is 0 Å². The number of fused-ring (bicyclic) bond motifs is 5. The molecule has 0 saturated carbocycles. The quantitative estimate of drug-likeness (QED) is 0.457. The van der Waals surface area contributed by atoms with E-state index in [0.29, 0.717) is 24.5 Å². The Kier molecular flexibility index (Phi) is 4.75. The summed E-state index contributed by atoms with van der Waals surface area (Å²) < 4.78 is 30.2. The summed E-state index contributed by atoms with van der Waals surface area (Å²) in [6.45, 7) is 1.38. The van der Waals surface area contributed by atoms with Crippen LogP contribution in [0.5, 0.6) is 0 Å². The molecule has 0 aliphatic carbocycles. The van der Waals surface area contributed by atoms with Gasteiger partial charge in [0.1, 0.15) is 0 Å². The molecule has 33 heavy (non-hydrogen) atoms. The molecular formula is C27H24N2O3S. The lowest BCUT2D eigenvalue weighted by atomic mass is 9.81. The van der Waals surface area contributed by atoms with Gasteiger partial charge in [-0.1, -0.05) is 54.6 Å². The Morgan fingerprint density at radius 2 is 1.52 bits per heavy atom. The topological polar surface area (TPSA) is 59.4 Å². The Hall–Kier alpha value is -3.22. The molecule has 2 unspecified atom stereocenters. The molecule has 1 fully saturated rings. The van der Waals surface area contributed by atoms with Crippen molar-refractivity contribution in [3.8, 4) is 11.1 Å². The van der Waals surface area contributed by atoms with Crippen molar-refractivity contribution >= 4 is 20.8 Å². The number of nitrogens with zero attached hydrogens (tertiary/aromatic N) is 2. The zero-order valence-corrected chi connectivity index (χ0v) is 18.9. The van der Waals surface area contributed by atoms with E-state index in [9.17, 15) is 13.2 Å². The summed E-state index contributed by atoms with van der Waals surface area (Å²) in [5.74, 6) is 0.102. The second kappa shape index (κ2) is 7.68. The average Bonchev–Trinajstić information content (AvgIpc) is 2.85. The molecule has 1 aromatic heterocycles. The van der Waals surface area contributed by atoms with Crippen LogP contribution in [0.3, 0.4) is 0 Å². The Morgan fingerprint density at radius 1 is 0.758 bits per heavy atom. The van der Waals surface area contributed by atoms with Crippen molar-refractivity contribution in [2.75, 3.05) is 13.1 Å². The van der Waals surface area contributed by atoms with Crippen LogP contribution in [0.2, 0.25) is 0 Å². The van der Waals surface area contributed by atoms with Crippen molar-refractivity contribution in [3.63, 3.8) is 0 Å². The fourth-order valence-electron chi connectivity index (χ4n) is 5.51. The molecule has 2 atom stereocenters. The highest BCUT2D eigenvalue weighted by atomic mass is 32.2. The van der Waals surface area contributed by atoms with Gasteiger partial charge in [-0.05, 0) is 52.9 Å². The first-order chi connectivity index (χ1) is 16.0. The molecular weight excluding hydrogens is 432 g/mol. The molecule has 4 aromatic rings. The Labute approximate surface area is 193 Å². The van der Waals surface area contributed by atoms with Gasteiger partial charge in [-0.25, -0.2) is 8.42 Å². The fourth-order valence-corrected chi connectivity index (χ4v) is 7.09. The largest absolute Gasteiger partial charge is 0.311 e. The minimum absolute atomic E-state index is 0.0106. The maximum Gasteiger partial charge on any atom is 0.250 e. The van der Waals surface area contributed by atoms with Crippen LogP contribution in [0.25, 0.3) is 21.9 Å². The lowest BCUT2D eigenvalue weighted by molar-refractivity contribution is 0.187. The highest BCUT2D eigenvalue weighted by Crippen LogP contribution is 2.41. The first kappa shape index (κ1) is 20.4. The van der Waals surface area contributed by atoms with E-state index in [-0.39, 0.29) is 17.4 Å². The van der Waals surface area contributed by atoms with Crippen LogP contribution in [-0.2, 0) is 16.6 Å². The van der Waals surface area contributed by atoms with E-state index in [1.54, 1.807) is 34.6 Å².